The molecule has 2 amide bonds. The van der Waals surface area contributed by atoms with Gasteiger partial charge in [0.25, 0.3) is 5.91 Å². The van der Waals surface area contributed by atoms with Crippen LogP contribution >= 0.6 is 11.6 Å². The van der Waals surface area contributed by atoms with Crippen LogP contribution in [0.5, 0.6) is 5.75 Å². The lowest BCUT2D eigenvalue weighted by molar-refractivity contribution is -0.116. The van der Waals surface area contributed by atoms with Crippen molar-refractivity contribution in [2.24, 2.45) is 0 Å². The number of hydrogen-bond donors (Lipinski definition) is 2. The van der Waals surface area contributed by atoms with Crippen LogP contribution < -0.4 is 15.4 Å². The molecule has 0 atom stereocenters. The number of methoxy groups -OCH3 is 1. The smallest absolute Gasteiger partial charge is 0.252 e. The average molecular weight is 405 g/mol. The molecule has 0 aliphatic heterocycles. The van der Waals surface area contributed by atoms with Gasteiger partial charge in [0.1, 0.15) is 5.75 Å². The Kier molecular flexibility index (Phi) is 8.29. The highest BCUT2D eigenvalue weighted by Crippen LogP contribution is 2.23. The number of halogens is 1. The summed E-state index contributed by atoms with van der Waals surface area (Å²) in [4.78, 5) is 24.2. The maximum Gasteiger partial charge on any atom is 0.252 e. The highest BCUT2D eigenvalue weighted by Gasteiger charge is 2.12. The van der Waals surface area contributed by atoms with Gasteiger partial charge in [-0.2, -0.15) is 0 Å². The lowest BCUT2D eigenvalue weighted by Gasteiger charge is -2.12. The Labute approximate surface area is 170 Å². The molecule has 0 saturated heterocycles. The van der Waals surface area contributed by atoms with E-state index in [0.29, 0.717) is 24.4 Å². The topological polar surface area (TPSA) is 76.7 Å². The van der Waals surface area contributed by atoms with Gasteiger partial charge in [-0.25, -0.2) is 0 Å². The summed E-state index contributed by atoms with van der Waals surface area (Å²) < 4.78 is 10.6. The van der Waals surface area contributed by atoms with Gasteiger partial charge in [-0.1, -0.05) is 29.8 Å². The van der Waals surface area contributed by atoms with Crippen LogP contribution in [-0.4, -0.2) is 38.7 Å². The predicted octanol–water partition coefficient (Wildman–Crippen LogP) is 3.74. The molecule has 0 saturated carbocycles. The lowest BCUT2D eigenvalue weighted by Crippen LogP contribution is -2.27. The molecule has 0 aromatic heterocycles. The van der Waals surface area contributed by atoms with Crippen molar-refractivity contribution in [2.75, 3.05) is 32.2 Å². The largest absolute Gasteiger partial charge is 0.493 e. The Morgan fingerprint density at radius 1 is 1.07 bits per heavy atom. The van der Waals surface area contributed by atoms with E-state index in [4.69, 9.17) is 21.1 Å². The van der Waals surface area contributed by atoms with Crippen LogP contribution in [0.1, 0.15) is 27.9 Å². The van der Waals surface area contributed by atoms with Crippen molar-refractivity contribution in [2.45, 2.75) is 20.3 Å². The zero-order valence-electron chi connectivity index (χ0n) is 16.3. The fraction of sp³-hybridized carbons (Fsp3) is 0.333. The highest BCUT2D eigenvalue weighted by molar-refractivity contribution is 6.34. The maximum atomic E-state index is 12.1. The van der Waals surface area contributed by atoms with Gasteiger partial charge in [0.15, 0.2) is 0 Å². The highest BCUT2D eigenvalue weighted by atomic mass is 35.5. The Bertz CT molecular complexity index is 819. The molecule has 2 N–H and O–H groups in total. The van der Waals surface area contributed by atoms with E-state index in [-0.39, 0.29) is 29.9 Å². The number of anilines is 1. The van der Waals surface area contributed by atoms with E-state index >= 15 is 0 Å². The normalized spacial score (nSPS) is 10.4. The third kappa shape index (κ3) is 6.25. The van der Waals surface area contributed by atoms with Crippen molar-refractivity contribution in [3.8, 4) is 5.75 Å². The van der Waals surface area contributed by atoms with E-state index in [0.717, 1.165) is 16.9 Å². The number of aryl methyl sites for hydroxylation is 2. The fourth-order valence-corrected chi connectivity index (χ4v) is 2.90. The summed E-state index contributed by atoms with van der Waals surface area (Å²) >= 11 is 6.17. The predicted molar refractivity (Wildman–Crippen MR) is 110 cm³/mol. The van der Waals surface area contributed by atoms with Gasteiger partial charge < -0.3 is 20.1 Å². The van der Waals surface area contributed by atoms with Crippen LogP contribution in [0, 0.1) is 13.8 Å². The van der Waals surface area contributed by atoms with E-state index in [1.807, 2.05) is 32.0 Å². The minimum Gasteiger partial charge on any atom is -0.493 e. The summed E-state index contributed by atoms with van der Waals surface area (Å²) in [5.74, 6) is 0.323. The van der Waals surface area contributed by atoms with Crippen LogP contribution in [0.4, 0.5) is 5.69 Å². The standard InChI is InChI=1S/C21H25ClN2O4/c1-14-5-4-6-15(2)20(14)28-11-9-19(25)24-16-7-8-17(18(22)13-16)21(26)23-10-12-27-3/h4-8,13H,9-12H2,1-3H3,(H,23,26)(H,24,25). The van der Waals surface area contributed by atoms with E-state index in [2.05, 4.69) is 10.6 Å². The van der Waals surface area contributed by atoms with Crippen molar-refractivity contribution in [1.82, 2.24) is 5.32 Å². The zero-order chi connectivity index (χ0) is 20.5. The number of carbonyl (C=O) groups excluding carboxylic acids is 2. The number of carbonyl (C=O) groups is 2. The molecule has 7 heteroatoms. The monoisotopic (exact) mass is 404 g/mol. The Hall–Kier alpha value is -2.57. The molecular weight excluding hydrogens is 380 g/mol. The Balaban J connectivity index is 1.86. The lowest BCUT2D eigenvalue weighted by atomic mass is 10.1. The van der Waals surface area contributed by atoms with E-state index < -0.39 is 0 Å². The van der Waals surface area contributed by atoms with E-state index in [1.54, 1.807) is 25.3 Å². The van der Waals surface area contributed by atoms with Crippen LogP contribution in [0.15, 0.2) is 36.4 Å². The first kappa shape index (κ1) is 21.7. The summed E-state index contributed by atoms with van der Waals surface area (Å²) in [5, 5.41) is 5.73. The molecule has 0 heterocycles. The first-order valence-corrected chi connectivity index (χ1v) is 9.35. The summed E-state index contributed by atoms with van der Waals surface area (Å²) in [7, 11) is 1.56. The van der Waals surface area contributed by atoms with E-state index in [1.165, 1.54) is 0 Å². The van der Waals surface area contributed by atoms with Gasteiger partial charge in [-0.05, 0) is 43.2 Å². The molecule has 0 aliphatic carbocycles. The van der Waals surface area contributed by atoms with E-state index in [9.17, 15) is 9.59 Å². The van der Waals surface area contributed by atoms with Crippen LogP contribution in [0.25, 0.3) is 0 Å². The molecule has 150 valence electrons. The zero-order valence-corrected chi connectivity index (χ0v) is 17.1. The Morgan fingerprint density at radius 3 is 2.43 bits per heavy atom. The number of ether oxygens (including phenoxy) is 2. The minimum absolute atomic E-state index is 0.195. The molecule has 2 aromatic carbocycles. The minimum atomic E-state index is -0.290. The molecule has 0 aliphatic rings. The molecule has 0 fully saturated rings. The van der Waals surface area contributed by atoms with Crippen LogP contribution in [0.3, 0.4) is 0 Å². The molecule has 6 nitrogen and oxygen atoms in total. The van der Waals surface area contributed by atoms with Gasteiger partial charge in [-0.15, -0.1) is 0 Å². The molecule has 2 aromatic rings. The summed E-state index contributed by atoms with van der Waals surface area (Å²) in [6.07, 6.45) is 0.199. The number of para-hydroxylation sites is 1. The SMILES string of the molecule is COCCNC(=O)c1ccc(NC(=O)CCOc2c(C)cccc2C)cc1Cl. The Morgan fingerprint density at radius 2 is 1.79 bits per heavy atom. The molecule has 28 heavy (non-hydrogen) atoms. The van der Waals surface area contributed by atoms with Gasteiger partial charge in [0.05, 0.1) is 30.2 Å². The molecule has 0 bridgehead atoms. The molecule has 0 radical (unpaired) electrons. The quantitative estimate of drug-likeness (QED) is 0.624. The third-order valence-corrected chi connectivity index (χ3v) is 4.39. The van der Waals surface area contributed by atoms with Crippen molar-refractivity contribution < 1.29 is 19.1 Å². The van der Waals surface area contributed by atoms with Gasteiger partial charge in [0.2, 0.25) is 5.91 Å². The number of rotatable bonds is 9. The van der Waals surface area contributed by atoms with Gasteiger partial charge >= 0.3 is 0 Å². The van der Waals surface area contributed by atoms with Crippen LogP contribution in [0.2, 0.25) is 5.02 Å². The van der Waals surface area contributed by atoms with Gasteiger partial charge in [0, 0.05) is 19.3 Å². The first-order valence-electron chi connectivity index (χ1n) is 8.98. The second-order valence-electron chi connectivity index (χ2n) is 6.31. The molecule has 2 rings (SSSR count). The molecule has 0 unspecified atom stereocenters. The molecular formula is C21H25ClN2O4. The number of hydrogen-bond acceptors (Lipinski definition) is 4. The van der Waals surface area contributed by atoms with Crippen molar-refractivity contribution in [3.63, 3.8) is 0 Å². The number of nitrogens with one attached hydrogen (secondary N) is 2. The summed E-state index contributed by atoms with van der Waals surface area (Å²) in [5.41, 5.74) is 2.93. The second-order valence-corrected chi connectivity index (χ2v) is 6.72. The molecule has 0 spiro atoms. The van der Waals surface area contributed by atoms with Gasteiger partial charge in [-0.3, -0.25) is 9.59 Å². The summed E-state index contributed by atoms with van der Waals surface area (Å²) in [6.45, 7) is 5.02. The van der Waals surface area contributed by atoms with Crippen molar-refractivity contribution >= 4 is 29.1 Å². The maximum absolute atomic E-state index is 12.1. The first-order chi connectivity index (χ1) is 13.4. The average Bonchev–Trinajstić information content (AvgIpc) is 2.64. The van der Waals surface area contributed by atoms with Crippen LogP contribution in [-0.2, 0) is 9.53 Å². The third-order valence-electron chi connectivity index (χ3n) is 4.07. The summed E-state index contributed by atoms with van der Waals surface area (Å²) in [6, 6.07) is 10.7. The van der Waals surface area contributed by atoms with Crippen molar-refractivity contribution in [3.05, 3.63) is 58.1 Å². The number of amides is 2. The fourth-order valence-electron chi connectivity index (χ4n) is 2.63. The van der Waals surface area contributed by atoms with Crippen molar-refractivity contribution in [1.29, 1.82) is 0 Å². The number of benzene rings is 2. The second kappa shape index (κ2) is 10.7.